The van der Waals surface area contributed by atoms with Crippen molar-refractivity contribution in [2.45, 2.75) is 6.92 Å². The van der Waals surface area contributed by atoms with Crippen LogP contribution in [0.25, 0.3) is 0 Å². The number of ether oxygens (including phenoxy) is 2. The Bertz CT molecular complexity index is 669. The van der Waals surface area contributed by atoms with E-state index in [2.05, 4.69) is 5.32 Å². The fourth-order valence-electron chi connectivity index (χ4n) is 1.97. The van der Waals surface area contributed by atoms with Crippen molar-refractivity contribution in [1.29, 1.82) is 0 Å². The highest BCUT2D eigenvalue weighted by molar-refractivity contribution is 6.07. The van der Waals surface area contributed by atoms with Gasteiger partial charge < -0.3 is 20.5 Å². The van der Waals surface area contributed by atoms with E-state index in [1.807, 2.05) is 13.0 Å². The number of hydrogen-bond donors (Lipinski definition) is 2. The lowest BCUT2D eigenvalue weighted by atomic mass is 10.1. The summed E-state index contributed by atoms with van der Waals surface area (Å²) in [4.78, 5) is 12.4. The van der Waals surface area contributed by atoms with E-state index in [0.717, 1.165) is 5.56 Å². The zero-order valence-electron chi connectivity index (χ0n) is 12.3. The molecule has 2 aromatic rings. The number of nitrogen functional groups attached to an aromatic ring is 1. The molecule has 0 bridgehead atoms. The van der Waals surface area contributed by atoms with Crippen molar-refractivity contribution in [3.05, 3.63) is 47.5 Å². The summed E-state index contributed by atoms with van der Waals surface area (Å²) < 4.78 is 10.3. The maximum absolute atomic E-state index is 12.4. The summed E-state index contributed by atoms with van der Waals surface area (Å²) in [7, 11) is 3.09. The first kappa shape index (κ1) is 14.7. The van der Waals surface area contributed by atoms with Crippen LogP contribution in [0.2, 0.25) is 0 Å². The smallest absolute Gasteiger partial charge is 0.259 e. The van der Waals surface area contributed by atoms with E-state index in [9.17, 15) is 4.79 Å². The molecule has 21 heavy (non-hydrogen) atoms. The fourth-order valence-corrected chi connectivity index (χ4v) is 1.97. The maximum Gasteiger partial charge on any atom is 0.259 e. The number of carbonyl (C=O) groups excluding carboxylic acids is 1. The van der Waals surface area contributed by atoms with Gasteiger partial charge in [0.15, 0.2) is 0 Å². The first-order valence-corrected chi connectivity index (χ1v) is 6.44. The molecule has 2 rings (SSSR count). The lowest BCUT2D eigenvalue weighted by Crippen LogP contribution is -2.14. The van der Waals surface area contributed by atoms with Gasteiger partial charge in [-0.15, -0.1) is 0 Å². The quantitative estimate of drug-likeness (QED) is 0.848. The van der Waals surface area contributed by atoms with Gasteiger partial charge in [-0.25, -0.2) is 0 Å². The van der Waals surface area contributed by atoms with Gasteiger partial charge >= 0.3 is 0 Å². The molecule has 0 heterocycles. The van der Waals surface area contributed by atoms with Crippen molar-refractivity contribution < 1.29 is 14.3 Å². The summed E-state index contributed by atoms with van der Waals surface area (Å²) in [5, 5.41) is 2.78. The van der Waals surface area contributed by atoms with E-state index in [1.54, 1.807) is 37.4 Å². The van der Waals surface area contributed by atoms with Crippen molar-refractivity contribution in [1.82, 2.24) is 0 Å². The van der Waals surface area contributed by atoms with Crippen LogP contribution < -0.4 is 20.5 Å². The lowest BCUT2D eigenvalue weighted by Gasteiger charge is -2.12. The predicted molar refractivity (Wildman–Crippen MR) is 83.1 cm³/mol. The molecular weight excluding hydrogens is 268 g/mol. The third kappa shape index (κ3) is 3.25. The van der Waals surface area contributed by atoms with Gasteiger partial charge in [0.05, 0.1) is 31.2 Å². The largest absolute Gasteiger partial charge is 0.497 e. The number of rotatable bonds is 4. The van der Waals surface area contributed by atoms with Gasteiger partial charge in [-0.2, -0.15) is 0 Å². The molecule has 0 unspecified atom stereocenters. The first-order valence-electron chi connectivity index (χ1n) is 6.44. The van der Waals surface area contributed by atoms with Gasteiger partial charge in [-0.1, -0.05) is 11.6 Å². The van der Waals surface area contributed by atoms with Gasteiger partial charge in [0.1, 0.15) is 11.5 Å². The molecule has 0 atom stereocenters. The summed E-state index contributed by atoms with van der Waals surface area (Å²) in [6, 6.07) is 10.5. The Morgan fingerprint density at radius 1 is 1.10 bits per heavy atom. The summed E-state index contributed by atoms with van der Waals surface area (Å²) in [5.74, 6) is 0.885. The Kier molecular flexibility index (Phi) is 4.33. The Morgan fingerprint density at radius 2 is 1.86 bits per heavy atom. The normalized spacial score (nSPS) is 10.0. The standard InChI is InChI=1S/C16H18N2O3/c1-10-4-7-15(21-3)12(8-10)16(19)18-14-6-5-11(20-2)9-13(14)17/h4-9H,17H2,1-3H3,(H,18,19). The van der Waals surface area contributed by atoms with E-state index < -0.39 is 0 Å². The molecular formula is C16H18N2O3. The molecule has 2 aromatic carbocycles. The topological polar surface area (TPSA) is 73.6 Å². The van der Waals surface area contributed by atoms with Crippen LogP contribution in [0.3, 0.4) is 0 Å². The van der Waals surface area contributed by atoms with Gasteiger partial charge in [0.25, 0.3) is 5.91 Å². The van der Waals surface area contributed by atoms with Crippen LogP contribution in [-0.4, -0.2) is 20.1 Å². The predicted octanol–water partition coefficient (Wildman–Crippen LogP) is 2.85. The number of carbonyl (C=O) groups is 1. The van der Waals surface area contributed by atoms with Crippen LogP contribution in [0.1, 0.15) is 15.9 Å². The highest BCUT2D eigenvalue weighted by Crippen LogP contribution is 2.26. The zero-order chi connectivity index (χ0) is 15.4. The monoisotopic (exact) mass is 286 g/mol. The molecule has 0 saturated heterocycles. The Hall–Kier alpha value is -2.69. The number of amides is 1. The molecule has 110 valence electrons. The van der Waals surface area contributed by atoms with Crippen LogP contribution in [0, 0.1) is 6.92 Å². The third-order valence-corrected chi connectivity index (χ3v) is 3.11. The Balaban J connectivity index is 2.28. The minimum atomic E-state index is -0.271. The van der Waals surface area contributed by atoms with Crippen molar-refractivity contribution >= 4 is 17.3 Å². The molecule has 0 aliphatic carbocycles. The average molecular weight is 286 g/mol. The second-order valence-electron chi connectivity index (χ2n) is 4.61. The van der Waals surface area contributed by atoms with Gasteiger partial charge in [-0.3, -0.25) is 4.79 Å². The van der Waals surface area contributed by atoms with Crippen LogP contribution in [0.15, 0.2) is 36.4 Å². The molecule has 0 spiro atoms. The van der Waals surface area contributed by atoms with Crippen LogP contribution in [0.5, 0.6) is 11.5 Å². The van der Waals surface area contributed by atoms with Crippen LogP contribution in [-0.2, 0) is 0 Å². The zero-order valence-corrected chi connectivity index (χ0v) is 12.3. The van der Waals surface area contributed by atoms with Gasteiger partial charge in [0.2, 0.25) is 0 Å². The molecule has 0 fully saturated rings. The molecule has 0 aromatic heterocycles. The SMILES string of the molecule is COc1ccc(NC(=O)c2cc(C)ccc2OC)c(N)c1. The number of aryl methyl sites for hydroxylation is 1. The molecule has 0 radical (unpaired) electrons. The molecule has 0 aliphatic heterocycles. The van der Waals surface area contributed by atoms with E-state index in [1.165, 1.54) is 7.11 Å². The number of anilines is 2. The molecule has 0 saturated carbocycles. The molecule has 5 heteroatoms. The number of nitrogens with two attached hydrogens (primary N) is 1. The van der Waals surface area contributed by atoms with E-state index in [-0.39, 0.29) is 5.91 Å². The summed E-state index contributed by atoms with van der Waals surface area (Å²) in [6.07, 6.45) is 0. The van der Waals surface area contributed by atoms with Crippen LogP contribution in [0.4, 0.5) is 11.4 Å². The van der Waals surface area contributed by atoms with Gasteiger partial charge in [0, 0.05) is 6.07 Å². The summed E-state index contributed by atoms with van der Waals surface area (Å²) >= 11 is 0. The van der Waals surface area contributed by atoms with E-state index in [4.69, 9.17) is 15.2 Å². The number of nitrogens with one attached hydrogen (secondary N) is 1. The fraction of sp³-hybridized carbons (Fsp3) is 0.188. The minimum Gasteiger partial charge on any atom is -0.497 e. The van der Waals surface area contributed by atoms with Crippen molar-refractivity contribution in [3.8, 4) is 11.5 Å². The number of methoxy groups -OCH3 is 2. The third-order valence-electron chi connectivity index (χ3n) is 3.11. The second kappa shape index (κ2) is 6.17. The highest BCUT2D eigenvalue weighted by Gasteiger charge is 2.14. The maximum atomic E-state index is 12.4. The summed E-state index contributed by atoms with van der Waals surface area (Å²) in [6.45, 7) is 1.91. The second-order valence-corrected chi connectivity index (χ2v) is 4.61. The van der Waals surface area contributed by atoms with E-state index in [0.29, 0.717) is 28.4 Å². The Morgan fingerprint density at radius 3 is 2.48 bits per heavy atom. The molecule has 3 N–H and O–H groups in total. The first-order chi connectivity index (χ1) is 10.0. The number of benzene rings is 2. The van der Waals surface area contributed by atoms with Crippen molar-refractivity contribution in [2.24, 2.45) is 0 Å². The number of hydrogen-bond acceptors (Lipinski definition) is 4. The Labute approximate surface area is 123 Å². The molecule has 1 amide bonds. The summed E-state index contributed by atoms with van der Waals surface area (Å²) in [5.41, 5.74) is 8.31. The lowest BCUT2D eigenvalue weighted by molar-refractivity contribution is 0.102. The van der Waals surface area contributed by atoms with Gasteiger partial charge in [-0.05, 0) is 31.2 Å². The highest BCUT2D eigenvalue weighted by atomic mass is 16.5. The molecule has 0 aliphatic rings. The van der Waals surface area contributed by atoms with E-state index >= 15 is 0 Å². The van der Waals surface area contributed by atoms with Crippen molar-refractivity contribution in [2.75, 3.05) is 25.3 Å². The minimum absolute atomic E-state index is 0.271. The molecule has 5 nitrogen and oxygen atoms in total. The average Bonchev–Trinajstić information content (AvgIpc) is 2.49. The van der Waals surface area contributed by atoms with Crippen LogP contribution >= 0.6 is 0 Å². The van der Waals surface area contributed by atoms with Crippen molar-refractivity contribution in [3.63, 3.8) is 0 Å².